The lowest BCUT2D eigenvalue weighted by molar-refractivity contribution is 0.318. The van der Waals surface area contributed by atoms with Gasteiger partial charge in [-0.3, -0.25) is 5.41 Å². The zero-order chi connectivity index (χ0) is 5.70. The maximum Gasteiger partial charge on any atom is 0.194 e. The van der Waals surface area contributed by atoms with Crippen molar-refractivity contribution in [3.05, 3.63) is 0 Å². The fourth-order valence-corrected chi connectivity index (χ4v) is 0.233. The van der Waals surface area contributed by atoms with Crippen molar-refractivity contribution in [3.8, 4) is 0 Å². The lowest BCUT2D eigenvalue weighted by Gasteiger charge is -1.97. The molecule has 0 aliphatic rings. The van der Waals surface area contributed by atoms with Crippen LogP contribution in [0, 0.1) is 5.41 Å². The summed E-state index contributed by atoms with van der Waals surface area (Å²) in [5.41, 5.74) is 5.01. The third kappa shape index (κ3) is 3.26. The molecular formula is C4H10N2O. The van der Waals surface area contributed by atoms with Gasteiger partial charge in [0.2, 0.25) is 0 Å². The second kappa shape index (κ2) is 3.61. The van der Waals surface area contributed by atoms with Gasteiger partial charge in [0.1, 0.15) is 0 Å². The van der Waals surface area contributed by atoms with Crippen molar-refractivity contribution < 1.29 is 4.74 Å². The lowest BCUT2D eigenvalue weighted by atomic mass is 10.7. The number of nitrogens with one attached hydrogen (secondary N) is 1. The second-order valence-electron chi connectivity index (χ2n) is 1.06. The topological polar surface area (TPSA) is 59.1 Å². The van der Waals surface area contributed by atoms with Crippen LogP contribution < -0.4 is 5.73 Å². The molecule has 0 saturated carbocycles. The van der Waals surface area contributed by atoms with Crippen LogP contribution >= 0.6 is 0 Å². The van der Waals surface area contributed by atoms with Crippen LogP contribution in [0.2, 0.25) is 0 Å². The Labute approximate surface area is 43.0 Å². The molecule has 0 aliphatic carbocycles. The number of ether oxygens (including phenoxy) is 1. The summed E-state index contributed by atoms with van der Waals surface area (Å²) in [6, 6.07) is 0. The quantitative estimate of drug-likeness (QED) is 0.379. The fourth-order valence-electron chi connectivity index (χ4n) is 0.233. The third-order valence-corrected chi connectivity index (χ3v) is 0.504. The van der Waals surface area contributed by atoms with Crippen molar-refractivity contribution in [2.45, 2.75) is 6.92 Å². The van der Waals surface area contributed by atoms with Gasteiger partial charge in [0, 0.05) is 0 Å². The average Bonchev–Trinajstić information content (AvgIpc) is 1.68. The largest absolute Gasteiger partial charge is 0.481 e. The molecule has 0 rings (SSSR count). The summed E-state index contributed by atoms with van der Waals surface area (Å²) in [5, 5.41) is 6.79. The molecule has 0 aromatic rings. The molecule has 0 spiro atoms. The molecule has 0 saturated heterocycles. The summed E-state index contributed by atoms with van der Waals surface area (Å²) in [6.07, 6.45) is 0. The van der Waals surface area contributed by atoms with Crippen LogP contribution in [0.25, 0.3) is 0 Å². The first-order valence-corrected chi connectivity index (χ1v) is 2.21. The summed E-state index contributed by atoms with van der Waals surface area (Å²) in [4.78, 5) is 0. The van der Waals surface area contributed by atoms with Crippen LogP contribution in [0.15, 0.2) is 0 Å². The van der Waals surface area contributed by atoms with E-state index >= 15 is 0 Å². The van der Waals surface area contributed by atoms with Gasteiger partial charge in [0.05, 0.1) is 13.2 Å². The molecular weight excluding hydrogens is 92.1 g/mol. The Morgan fingerprint density at radius 3 is 2.57 bits per heavy atom. The molecule has 0 radical (unpaired) electrons. The van der Waals surface area contributed by atoms with Crippen LogP contribution in [0.4, 0.5) is 0 Å². The van der Waals surface area contributed by atoms with Crippen LogP contribution in [0.5, 0.6) is 0 Å². The van der Waals surface area contributed by atoms with Crippen molar-refractivity contribution in [2.24, 2.45) is 5.73 Å². The molecule has 0 amide bonds. The van der Waals surface area contributed by atoms with Gasteiger partial charge in [-0.15, -0.1) is 0 Å². The highest BCUT2D eigenvalue weighted by Gasteiger charge is 1.85. The molecule has 0 aliphatic heterocycles. The summed E-state index contributed by atoms with van der Waals surface area (Å²) in [5.74, 6) is 0.155. The molecule has 42 valence electrons. The summed E-state index contributed by atoms with van der Waals surface area (Å²) in [6.45, 7) is 2.56. The Hall–Kier alpha value is -0.570. The molecule has 0 aromatic heterocycles. The van der Waals surface area contributed by atoms with Gasteiger partial charge in [-0.25, -0.2) is 0 Å². The Bertz CT molecular complexity index is 62.7. The van der Waals surface area contributed by atoms with E-state index < -0.39 is 0 Å². The van der Waals surface area contributed by atoms with Crippen LogP contribution in [0.3, 0.4) is 0 Å². The van der Waals surface area contributed by atoms with Crippen LogP contribution in [-0.2, 0) is 4.74 Å². The predicted octanol–water partition coefficient (Wildman–Crippen LogP) is -0.0411. The Morgan fingerprint density at radius 2 is 2.43 bits per heavy atom. The number of rotatable bonds is 2. The third-order valence-electron chi connectivity index (χ3n) is 0.504. The molecule has 3 nitrogen and oxygen atoms in total. The van der Waals surface area contributed by atoms with E-state index in [0.29, 0.717) is 6.61 Å². The minimum absolute atomic E-state index is 0.155. The summed E-state index contributed by atoms with van der Waals surface area (Å²) < 4.78 is 4.65. The first-order chi connectivity index (χ1) is 3.31. The fraction of sp³-hybridized carbons (Fsp3) is 0.750. The molecule has 3 N–H and O–H groups in total. The van der Waals surface area contributed by atoms with Crippen molar-refractivity contribution in [1.29, 1.82) is 5.41 Å². The van der Waals surface area contributed by atoms with Gasteiger partial charge in [-0.05, 0) is 6.92 Å². The first kappa shape index (κ1) is 6.43. The van der Waals surface area contributed by atoms with Crippen molar-refractivity contribution >= 4 is 5.90 Å². The van der Waals surface area contributed by atoms with E-state index in [1.165, 1.54) is 0 Å². The van der Waals surface area contributed by atoms with E-state index in [-0.39, 0.29) is 12.4 Å². The Balaban J connectivity index is 3.00. The summed E-state index contributed by atoms with van der Waals surface area (Å²) in [7, 11) is 0. The zero-order valence-electron chi connectivity index (χ0n) is 4.40. The molecule has 3 heteroatoms. The van der Waals surface area contributed by atoms with E-state index in [4.69, 9.17) is 11.1 Å². The molecule has 0 heterocycles. The van der Waals surface area contributed by atoms with E-state index in [1.54, 1.807) is 0 Å². The second-order valence-corrected chi connectivity index (χ2v) is 1.06. The smallest absolute Gasteiger partial charge is 0.194 e. The van der Waals surface area contributed by atoms with Gasteiger partial charge >= 0.3 is 0 Å². The van der Waals surface area contributed by atoms with Gasteiger partial charge in [-0.1, -0.05) is 0 Å². The van der Waals surface area contributed by atoms with Crippen molar-refractivity contribution in [1.82, 2.24) is 0 Å². The van der Waals surface area contributed by atoms with Gasteiger partial charge in [-0.2, -0.15) is 0 Å². The van der Waals surface area contributed by atoms with Gasteiger partial charge < -0.3 is 10.5 Å². The molecule has 7 heavy (non-hydrogen) atoms. The summed E-state index contributed by atoms with van der Waals surface area (Å²) >= 11 is 0. The van der Waals surface area contributed by atoms with Crippen molar-refractivity contribution in [2.75, 3.05) is 13.2 Å². The van der Waals surface area contributed by atoms with E-state index in [9.17, 15) is 0 Å². The molecule has 0 fully saturated rings. The number of hydrogen-bond donors (Lipinski definition) is 2. The molecule has 0 bridgehead atoms. The Kier molecular flexibility index (Phi) is 3.32. The van der Waals surface area contributed by atoms with E-state index in [2.05, 4.69) is 4.74 Å². The van der Waals surface area contributed by atoms with Crippen LogP contribution in [-0.4, -0.2) is 19.0 Å². The number of hydrogen-bond acceptors (Lipinski definition) is 3. The minimum atomic E-state index is 0.155. The van der Waals surface area contributed by atoms with Crippen molar-refractivity contribution in [3.63, 3.8) is 0 Å². The molecule has 0 unspecified atom stereocenters. The van der Waals surface area contributed by atoms with E-state index in [0.717, 1.165) is 0 Å². The zero-order valence-corrected chi connectivity index (χ0v) is 4.40. The monoisotopic (exact) mass is 102 g/mol. The lowest BCUT2D eigenvalue weighted by Crippen LogP contribution is -2.15. The van der Waals surface area contributed by atoms with Crippen LogP contribution in [0.1, 0.15) is 6.92 Å². The normalized spacial score (nSPS) is 8.29. The molecule has 0 atom stereocenters. The predicted molar refractivity (Wildman–Crippen MR) is 28.4 cm³/mol. The maximum absolute atomic E-state index is 6.79. The Morgan fingerprint density at radius 1 is 1.86 bits per heavy atom. The number of nitrogens with two attached hydrogens (primary N) is 1. The maximum atomic E-state index is 6.79. The highest BCUT2D eigenvalue weighted by atomic mass is 16.5. The first-order valence-electron chi connectivity index (χ1n) is 2.21. The standard InChI is InChI=1S/C4H10N2O/c1-2-7-4(6)3-5/h6H,2-3,5H2,1H3. The average molecular weight is 102 g/mol. The SMILES string of the molecule is CCOC(=N)CN. The van der Waals surface area contributed by atoms with Gasteiger partial charge in [0.25, 0.3) is 0 Å². The minimum Gasteiger partial charge on any atom is -0.481 e. The van der Waals surface area contributed by atoms with E-state index in [1.807, 2.05) is 6.92 Å². The highest BCUT2D eigenvalue weighted by Crippen LogP contribution is 1.71. The highest BCUT2D eigenvalue weighted by molar-refractivity contribution is 5.74. The molecule has 0 aromatic carbocycles. The van der Waals surface area contributed by atoms with Gasteiger partial charge in [0.15, 0.2) is 5.90 Å².